The van der Waals surface area contributed by atoms with E-state index in [1.165, 1.54) is 4.31 Å². The molecule has 0 bridgehead atoms. The molecular formula is C24H30N2O5S. The number of nitrogens with zero attached hydrogens (tertiary/aromatic N) is 2. The van der Waals surface area contributed by atoms with Crippen LogP contribution in [0.1, 0.15) is 37.8 Å². The number of carbonyl (C=O) groups excluding carboxylic acids is 2. The van der Waals surface area contributed by atoms with E-state index in [0.29, 0.717) is 19.4 Å². The molecule has 32 heavy (non-hydrogen) atoms. The SMILES string of the molecule is Cc1ccc(S(=O)(=O)N2CCC[C@H]2C(=O)OCC(=O)N(Cc2ccccc2)C(C)C)cc1. The van der Waals surface area contributed by atoms with E-state index in [9.17, 15) is 18.0 Å². The molecule has 1 saturated heterocycles. The molecule has 1 heterocycles. The highest BCUT2D eigenvalue weighted by Gasteiger charge is 2.40. The quantitative estimate of drug-likeness (QED) is 0.568. The van der Waals surface area contributed by atoms with E-state index in [1.54, 1.807) is 29.2 Å². The van der Waals surface area contributed by atoms with E-state index in [-0.39, 0.29) is 23.4 Å². The Balaban J connectivity index is 1.65. The van der Waals surface area contributed by atoms with Crippen LogP contribution in [0.2, 0.25) is 0 Å². The number of carbonyl (C=O) groups is 2. The first kappa shape index (κ1) is 23.9. The molecule has 1 aliphatic heterocycles. The summed E-state index contributed by atoms with van der Waals surface area (Å²) in [4.78, 5) is 27.3. The Kier molecular flexibility index (Phi) is 7.69. The molecule has 0 aliphatic carbocycles. The molecule has 0 radical (unpaired) electrons. The van der Waals surface area contributed by atoms with Gasteiger partial charge in [-0.05, 0) is 51.3 Å². The van der Waals surface area contributed by atoms with Crippen LogP contribution in [0.5, 0.6) is 0 Å². The third-order valence-corrected chi connectivity index (χ3v) is 7.50. The minimum atomic E-state index is -3.82. The Morgan fingerprint density at radius 1 is 1.09 bits per heavy atom. The van der Waals surface area contributed by atoms with E-state index in [0.717, 1.165) is 11.1 Å². The lowest BCUT2D eigenvalue weighted by atomic mass is 10.2. The number of hydrogen-bond acceptors (Lipinski definition) is 5. The van der Waals surface area contributed by atoms with Gasteiger partial charge in [0.05, 0.1) is 4.90 Å². The van der Waals surface area contributed by atoms with Crippen molar-refractivity contribution in [3.8, 4) is 0 Å². The maximum atomic E-state index is 13.0. The first-order valence-electron chi connectivity index (χ1n) is 10.8. The number of esters is 1. The summed E-state index contributed by atoms with van der Waals surface area (Å²) in [6.07, 6.45) is 0.932. The topological polar surface area (TPSA) is 84.0 Å². The van der Waals surface area contributed by atoms with Gasteiger partial charge in [-0.3, -0.25) is 9.59 Å². The first-order valence-corrected chi connectivity index (χ1v) is 12.2. The van der Waals surface area contributed by atoms with Crippen LogP contribution in [-0.4, -0.2) is 54.7 Å². The Morgan fingerprint density at radius 3 is 2.38 bits per heavy atom. The maximum Gasteiger partial charge on any atom is 0.324 e. The number of amides is 1. The third kappa shape index (κ3) is 5.55. The number of aryl methyl sites for hydroxylation is 1. The molecule has 1 atom stereocenters. The van der Waals surface area contributed by atoms with Gasteiger partial charge in [-0.1, -0.05) is 48.0 Å². The fourth-order valence-corrected chi connectivity index (χ4v) is 5.41. The average molecular weight is 459 g/mol. The summed E-state index contributed by atoms with van der Waals surface area (Å²) >= 11 is 0. The van der Waals surface area contributed by atoms with E-state index >= 15 is 0 Å². The molecule has 8 heteroatoms. The molecule has 1 fully saturated rings. The number of benzene rings is 2. The summed E-state index contributed by atoms with van der Waals surface area (Å²) in [5.74, 6) is -1.00. The summed E-state index contributed by atoms with van der Waals surface area (Å²) < 4.78 is 32.6. The lowest BCUT2D eigenvalue weighted by Crippen LogP contribution is -2.43. The second kappa shape index (κ2) is 10.3. The third-order valence-electron chi connectivity index (χ3n) is 5.58. The van der Waals surface area contributed by atoms with Crippen molar-refractivity contribution in [2.45, 2.75) is 57.1 Å². The molecule has 1 aliphatic rings. The van der Waals surface area contributed by atoms with Crippen LogP contribution in [0.4, 0.5) is 0 Å². The first-order chi connectivity index (χ1) is 15.2. The molecule has 0 unspecified atom stereocenters. The molecule has 1 amide bonds. The van der Waals surface area contributed by atoms with Crippen LogP contribution in [-0.2, 0) is 30.9 Å². The van der Waals surface area contributed by atoms with Crippen LogP contribution in [0.15, 0.2) is 59.5 Å². The summed E-state index contributed by atoms with van der Waals surface area (Å²) in [5.41, 5.74) is 1.93. The van der Waals surface area contributed by atoms with Crippen molar-refractivity contribution in [1.29, 1.82) is 0 Å². The Morgan fingerprint density at radius 2 is 1.75 bits per heavy atom. The zero-order chi connectivity index (χ0) is 23.3. The number of hydrogen-bond donors (Lipinski definition) is 0. The van der Waals surface area contributed by atoms with E-state index in [2.05, 4.69) is 0 Å². The van der Waals surface area contributed by atoms with E-state index < -0.39 is 28.6 Å². The van der Waals surface area contributed by atoms with Crippen molar-refractivity contribution in [2.24, 2.45) is 0 Å². The Hall–Kier alpha value is -2.71. The number of sulfonamides is 1. The number of rotatable bonds is 8. The normalized spacial score (nSPS) is 16.8. The lowest BCUT2D eigenvalue weighted by Gasteiger charge is -2.27. The smallest absolute Gasteiger partial charge is 0.324 e. The predicted octanol–water partition coefficient (Wildman–Crippen LogP) is 3.13. The van der Waals surface area contributed by atoms with Gasteiger partial charge in [0, 0.05) is 19.1 Å². The zero-order valence-electron chi connectivity index (χ0n) is 18.7. The highest BCUT2D eigenvalue weighted by Crippen LogP contribution is 2.27. The highest BCUT2D eigenvalue weighted by atomic mass is 32.2. The van der Waals surface area contributed by atoms with Gasteiger partial charge in [-0.25, -0.2) is 8.42 Å². The summed E-state index contributed by atoms with van der Waals surface area (Å²) in [7, 11) is -3.82. The van der Waals surface area contributed by atoms with Crippen molar-refractivity contribution < 1.29 is 22.7 Å². The van der Waals surface area contributed by atoms with Gasteiger partial charge >= 0.3 is 5.97 Å². The van der Waals surface area contributed by atoms with Crippen molar-refractivity contribution in [1.82, 2.24) is 9.21 Å². The Bertz CT molecular complexity index is 1040. The van der Waals surface area contributed by atoms with Gasteiger partial charge in [0.2, 0.25) is 10.0 Å². The predicted molar refractivity (Wildman–Crippen MR) is 121 cm³/mol. The van der Waals surface area contributed by atoms with Gasteiger partial charge in [0.15, 0.2) is 6.61 Å². The van der Waals surface area contributed by atoms with Gasteiger partial charge in [-0.15, -0.1) is 0 Å². The summed E-state index contributed by atoms with van der Waals surface area (Å²) in [5, 5.41) is 0. The highest BCUT2D eigenvalue weighted by molar-refractivity contribution is 7.89. The number of ether oxygens (including phenoxy) is 1. The second-order valence-electron chi connectivity index (χ2n) is 8.30. The zero-order valence-corrected chi connectivity index (χ0v) is 19.5. The maximum absolute atomic E-state index is 13.0. The minimum Gasteiger partial charge on any atom is -0.454 e. The molecule has 2 aromatic rings. The standard InChI is InChI=1S/C24H30N2O5S/c1-18(2)25(16-20-8-5-4-6-9-20)23(27)17-31-24(28)22-10-7-15-26(22)32(29,30)21-13-11-19(3)12-14-21/h4-6,8-9,11-14,18,22H,7,10,15-17H2,1-3H3/t22-/m0/s1. The average Bonchev–Trinajstić information content (AvgIpc) is 3.27. The molecular weight excluding hydrogens is 428 g/mol. The van der Waals surface area contributed by atoms with Crippen molar-refractivity contribution >= 4 is 21.9 Å². The van der Waals surface area contributed by atoms with Gasteiger partial charge in [0.1, 0.15) is 6.04 Å². The van der Waals surface area contributed by atoms with Crippen LogP contribution < -0.4 is 0 Å². The van der Waals surface area contributed by atoms with Crippen molar-refractivity contribution in [3.63, 3.8) is 0 Å². The van der Waals surface area contributed by atoms with Gasteiger partial charge < -0.3 is 9.64 Å². The van der Waals surface area contributed by atoms with Crippen molar-refractivity contribution in [3.05, 3.63) is 65.7 Å². The molecule has 7 nitrogen and oxygen atoms in total. The largest absolute Gasteiger partial charge is 0.454 e. The van der Waals surface area contributed by atoms with Crippen LogP contribution in [0.25, 0.3) is 0 Å². The second-order valence-corrected chi connectivity index (χ2v) is 10.2. The van der Waals surface area contributed by atoms with E-state index in [1.807, 2.05) is 51.1 Å². The molecule has 3 rings (SSSR count). The Labute approximate surface area is 190 Å². The minimum absolute atomic E-state index is 0.0775. The molecule has 0 N–H and O–H groups in total. The fraction of sp³-hybridized carbons (Fsp3) is 0.417. The van der Waals surface area contributed by atoms with Crippen molar-refractivity contribution in [2.75, 3.05) is 13.2 Å². The monoisotopic (exact) mass is 458 g/mol. The summed E-state index contributed by atoms with van der Waals surface area (Å²) in [6.45, 7) is 5.91. The molecule has 0 spiro atoms. The summed E-state index contributed by atoms with van der Waals surface area (Å²) in [6, 6.07) is 15.1. The lowest BCUT2D eigenvalue weighted by molar-refractivity contribution is -0.155. The van der Waals surface area contributed by atoms with Gasteiger partial charge in [-0.2, -0.15) is 4.31 Å². The van der Waals surface area contributed by atoms with E-state index in [4.69, 9.17) is 4.74 Å². The molecule has 2 aromatic carbocycles. The fourth-order valence-electron chi connectivity index (χ4n) is 3.76. The molecule has 172 valence electrons. The van der Waals surface area contributed by atoms with Gasteiger partial charge in [0.25, 0.3) is 5.91 Å². The van der Waals surface area contributed by atoms with Crippen LogP contribution in [0.3, 0.4) is 0 Å². The van der Waals surface area contributed by atoms with Crippen LogP contribution in [0, 0.1) is 6.92 Å². The van der Waals surface area contributed by atoms with Crippen LogP contribution >= 0.6 is 0 Å². The molecule has 0 saturated carbocycles. The molecule has 0 aromatic heterocycles.